The van der Waals surface area contributed by atoms with E-state index in [2.05, 4.69) is 31.2 Å². The van der Waals surface area contributed by atoms with Gasteiger partial charge >= 0.3 is 0 Å². The lowest BCUT2D eigenvalue weighted by Gasteiger charge is -2.02. The first-order valence-corrected chi connectivity index (χ1v) is 5.60. The number of aliphatic imine (C=N–C) groups is 1. The maximum atomic E-state index is 11.3. The van der Waals surface area contributed by atoms with Crippen LogP contribution in [0.2, 0.25) is 0 Å². The minimum atomic E-state index is -0.998. The van der Waals surface area contributed by atoms with E-state index >= 15 is 0 Å². The van der Waals surface area contributed by atoms with Gasteiger partial charge in [0.15, 0.2) is 5.78 Å². The summed E-state index contributed by atoms with van der Waals surface area (Å²) >= 11 is 3.34. The number of ketones is 1. The van der Waals surface area contributed by atoms with Gasteiger partial charge in [-0.05, 0) is 32.0 Å². The highest BCUT2D eigenvalue weighted by molar-refractivity contribution is 9.10. The summed E-state index contributed by atoms with van der Waals surface area (Å²) in [4.78, 5) is 15.4. The molecule has 1 aromatic carbocycles. The zero-order chi connectivity index (χ0) is 11.8. The van der Waals surface area contributed by atoms with Crippen molar-refractivity contribution in [1.82, 2.24) is 0 Å². The van der Waals surface area contributed by atoms with Crippen LogP contribution in [0.25, 0.3) is 0 Å². The van der Waals surface area contributed by atoms with E-state index in [0.717, 1.165) is 10.2 Å². The molecule has 4 nitrogen and oxygen atoms in total. The van der Waals surface area contributed by atoms with Gasteiger partial charge in [0.2, 0.25) is 0 Å². The molecule has 0 bridgehead atoms. The Balaban J connectivity index is 2.19. The number of carbonyl (C=O) groups excluding carboxylic acids is 1. The van der Waals surface area contributed by atoms with Gasteiger partial charge < -0.3 is 0 Å². The summed E-state index contributed by atoms with van der Waals surface area (Å²) < 4.78 is 0.925. The Kier molecular flexibility index (Phi) is 2.71. The molecule has 0 saturated carbocycles. The summed E-state index contributed by atoms with van der Waals surface area (Å²) in [5.41, 5.74) is 0.422. The van der Waals surface area contributed by atoms with Crippen molar-refractivity contribution in [2.75, 3.05) is 0 Å². The third kappa shape index (κ3) is 1.95. The van der Waals surface area contributed by atoms with Crippen LogP contribution in [0.15, 0.2) is 44.0 Å². The van der Waals surface area contributed by atoms with Crippen LogP contribution in [-0.2, 0) is 4.79 Å². The van der Waals surface area contributed by atoms with Crippen molar-refractivity contribution in [3.63, 3.8) is 0 Å². The minimum absolute atomic E-state index is 0.0938. The third-order valence-electron chi connectivity index (χ3n) is 2.39. The second kappa shape index (κ2) is 3.90. The molecular weight excluding hydrogens is 270 g/mol. The highest BCUT2D eigenvalue weighted by Crippen LogP contribution is 2.32. The van der Waals surface area contributed by atoms with Crippen molar-refractivity contribution in [3.8, 4) is 0 Å². The molecule has 0 saturated heterocycles. The van der Waals surface area contributed by atoms with Crippen LogP contribution >= 0.6 is 15.9 Å². The summed E-state index contributed by atoms with van der Waals surface area (Å²) in [5, 5.41) is 8.04. The van der Waals surface area contributed by atoms with E-state index in [1.165, 1.54) is 6.92 Å². The van der Waals surface area contributed by atoms with E-state index in [1.807, 2.05) is 24.3 Å². The first-order valence-electron chi connectivity index (χ1n) is 4.81. The molecule has 16 heavy (non-hydrogen) atoms. The Morgan fingerprint density at radius 2 is 2.19 bits per heavy atom. The van der Waals surface area contributed by atoms with Gasteiger partial charge in [-0.15, -0.1) is 5.11 Å². The molecule has 1 aromatic rings. The fourth-order valence-electron chi connectivity index (χ4n) is 1.38. The fraction of sp³-hybridized carbons (Fsp3) is 0.273. The van der Waals surface area contributed by atoms with Crippen LogP contribution in [0.5, 0.6) is 0 Å². The van der Waals surface area contributed by atoms with Gasteiger partial charge in [-0.2, -0.15) is 5.11 Å². The Hall–Kier alpha value is -1.36. The Morgan fingerprint density at radius 1 is 1.50 bits per heavy atom. The third-order valence-corrected chi connectivity index (χ3v) is 2.89. The van der Waals surface area contributed by atoms with E-state index in [1.54, 1.807) is 6.92 Å². The van der Waals surface area contributed by atoms with Crippen LogP contribution in [-0.4, -0.2) is 17.2 Å². The highest BCUT2D eigenvalue weighted by atomic mass is 79.9. The molecule has 82 valence electrons. The number of carbonyl (C=O) groups is 1. The second-order valence-electron chi connectivity index (χ2n) is 3.61. The molecule has 0 aliphatic carbocycles. The van der Waals surface area contributed by atoms with Crippen LogP contribution in [0.1, 0.15) is 13.8 Å². The molecule has 5 heteroatoms. The summed E-state index contributed by atoms with van der Waals surface area (Å²) in [7, 11) is 0. The number of hydrogen-bond donors (Lipinski definition) is 0. The smallest absolute Gasteiger partial charge is 0.266 e. The predicted molar refractivity (Wildman–Crippen MR) is 65.2 cm³/mol. The van der Waals surface area contributed by atoms with Crippen molar-refractivity contribution in [2.45, 2.75) is 19.5 Å². The molecule has 0 fully saturated rings. The highest BCUT2D eigenvalue weighted by Gasteiger charge is 2.49. The summed E-state index contributed by atoms with van der Waals surface area (Å²) in [6.07, 6.45) is 0. The standard InChI is InChI=1S/C11H10BrN3O/c1-7-11(13-7,8(2)16)15-14-10-5-3-4-9(12)6-10/h3-6H,1-2H3/t11-/m1/s1. The van der Waals surface area contributed by atoms with Crippen molar-refractivity contribution in [3.05, 3.63) is 28.7 Å². The molecule has 1 aliphatic heterocycles. The maximum absolute atomic E-state index is 11.3. The topological polar surface area (TPSA) is 54.1 Å². The molecule has 1 atom stereocenters. The number of benzene rings is 1. The lowest BCUT2D eigenvalue weighted by atomic mass is 10.1. The largest absolute Gasteiger partial charge is 0.295 e. The van der Waals surface area contributed by atoms with Crippen LogP contribution in [0.4, 0.5) is 5.69 Å². The van der Waals surface area contributed by atoms with Gasteiger partial charge in [0.25, 0.3) is 5.66 Å². The number of rotatable bonds is 3. The SMILES string of the molecule is CC(=O)[C@@]1(N=Nc2cccc(Br)c2)N=C1C. The molecule has 0 radical (unpaired) electrons. The Bertz CT molecular complexity index is 510. The van der Waals surface area contributed by atoms with Crippen molar-refractivity contribution in [2.24, 2.45) is 15.2 Å². The van der Waals surface area contributed by atoms with Gasteiger partial charge in [-0.25, -0.2) is 4.99 Å². The normalized spacial score (nSPS) is 23.3. The molecule has 0 N–H and O–H groups in total. The van der Waals surface area contributed by atoms with E-state index in [4.69, 9.17) is 0 Å². The molecule has 2 rings (SSSR count). The first kappa shape index (κ1) is 11.1. The van der Waals surface area contributed by atoms with Gasteiger partial charge in [-0.3, -0.25) is 4.79 Å². The van der Waals surface area contributed by atoms with E-state index < -0.39 is 5.66 Å². The van der Waals surface area contributed by atoms with Crippen molar-refractivity contribution < 1.29 is 4.79 Å². The second-order valence-corrected chi connectivity index (χ2v) is 4.52. The Morgan fingerprint density at radius 3 is 2.69 bits per heavy atom. The van der Waals surface area contributed by atoms with Crippen molar-refractivity contribution >= 4 is 33.1 Å². The van der Waals surface area contributed by atoms with E-state index in [-0.39, 0.29) is 5.78 Å². The molecule has 0 amide bonds. The predicted octanol–water partition coefficient (Wildman–Crippen LogP) is 3.29. The van der Waals surface area contributed by atoms with Crippen molar-refractivity contribution in [1.29, 1.82) is 0 Å². The number of hydrogen-bond acceptors (Lipinski definition) is 4. The molecule has 1 aliphatic rings. The maximum Gasteiger partial charge on any atom is 0.266 e. The zero-order valence-corrected chi connectivity index (χ0v) is 10.5. The quantitative estimate of drug-likeness (QED) is 0.784. The van der Waals surface area contributed by atoms with E-state index in [0.29, 0.717) is 5.69 Å². The van der Waals surface area contributed by atoms with Gasteiger partial charge in [0.05, 0.1) is 11.4 Å². The zero-order valence-electron chi connectivity index (χ0n) is 8.94. The van der Waals surface area contributed by atoms with Crippen LogP contribution in [0, 0.1) is 0 Å². The molecule has 0 spiro atoms. The molecule has 1 heterocycles. The molecule has 0 unspecified atom stereocenters. The van der Waals surface area contributed by atoms with Gasteiger partial charge in [0, 0.05) is 4.47 Å². The molecule has 0 aromatic heterocycles. The van der Waals surface area contributed by atoms with Gasteiger partial charge in [0.1, 0.15) is 0 Å². The first-order chi connectivity index (χ1) is 7.54. The monoisotopic (exact) mass is 279 g/mol. The lowest BCUT2D eigenvalue weighted by Crippen LogP contribution is -2.23. The van der Waals surface area contributed by atoms with Gasteiger partial charge in [-0.1, -0.05) is 22.0 Å². The average Bonchev–Trinajstić information content (AvgIpc) is 2.88. The average molecular weight is 280 g/mol. The summed E-state index contributed by atoms with van der Waals surface area (Å²) in [6, 6.07) is 7.41. The lowest BCUT2D eigenvalue weighted by molar-refractivity contribution is -0.118. The molecular formula is C11H10BrN3O. The van der Waals surface area contributed by atoms with Crippen LogP contribution in [0.3, 0.4) is 0 Å². The summed E-state index contributed by atoms with van der Waals surface area (Å²) in [5.74, 6) is -0.0938. The summed E-state index contributed by atoms with van der Waals surface area (Å²) in [6.45, 7) is 3.25. The van der Waals surface area contributed by atoms with Crippen LogP contribution < -0.4 is 0 Å². The van der Waals surface area contributed by atoms with E-state index in [9.17, 15) is 4.79 Å². The number of halogens is 1. The number of nitrogens with zero attached hydrogens (tertiary/aromatic N) is 3. The minimum Gasteiger partial charge on any atom is -0.295 e. The number of Topliss-reactive ketones (excluding diaryl/α,β-unsaturated/α-hetero) is 1. The number of azo groups is 1. The fourth-order valence-corrected chi connectivity index (χ4v) is 1.77. The Labute approximate surface area is 102 Å².